The van der Waals surface area contributed by atoms with E-state index in [9.17, 15) is 4.39 Å². The number of hydrogen-bond acceptors (Lipinski definition) is 2. The number of aromatic nitrogens is 1. The summed E-state index contributed by atoms with van der Waals surface area (Å²) in [6.07, 6.45) is 7.42. The first-order valence-corrected chi connectivity index (χ1v) is 6.50. The molecule has 0 aromatic carbocycles. The summed E-state index contributed by atoms with van der Waals surface area (Å²) in [6, 6.07) is 3.57. The Morgan fingerprint density at radius 1 is 1.47 bits per heavy atom. The SMILES string of the molecule is C=C/C=C(\C=C)C(NC)c1ccc(C2CC2)c(F)n1. The Kier molecular flexibility index (Phi) is 4.27. The molecule has 0 aliphatic heterocycles. The summed E-state index contributed by atoms with van der Waals surface area (Å²) in [5.74, 6) is 0.0273. The molecule has 1 aromatic heterocycles. The standard InChI is InChI=1S/C16H19FN2/c1-4-6-11(5-2)15(18-3)14-10-9-13(12-7-8-12)16(17)19-14/h4-6,9-10,12,15,18H,1-2,7-8H2,3H3/b11-6+. The summed E-state index contributed by atoms with van der Waals surface area (Å²) in [4.78, 5) is 4.10. The topological polar surface area (TPSA) is 24.9 Å². The first-order chi connectivity index (χ1) is 9.21. The van der Waals surface area contributed by atoms with E-state index in [2.05, 4.69) is 23.5 Å². The van der Waals surface area contributed by atoms with Crippen LogP contribution in [0.4, 0.5) is 4.39 Å². The van der Waals surface area contributed by atoms with E-state index < -0.39 is 0 Å². The molecule has 0 spiro atoms. The van der Waals surface area contributed by atoms with Crippen LogP contribution in [-0.2, 0) is 0 Å². The van der Waals surface area contributed by atoms with Gasteiger partial charge in [0.15, 0.2) is 0 Å². The van der Waals surface area contributed by atoms with Gasteiger partial charge in [-0.1, -0.05) is 37.5 Å². The maximum absolute atomic E-state index is 14.0. The van der Waals surface area contributed by atoms with Gasteiger partial charge >= 0.3 is 0 Å². The second kappa shape index (κ2) is 5.93. The lowest BCUT2D eigenvalue weighted by atomic mass is 10.0. The lowest BCUT2D eigenvalue weighted by Gasteiger charge is -2.17. The minimum Gasteiger partial charge on any atom is -0.308 e. The zero-order valence-corrected chi connectivity index (χ0v) is 11.2. The Hall–Kier alpha value is -1.74. The van der Waals surface area contributed by atoms with E-state index in [-0.39, 0.29) is 12.0 Å². The van der Waals surface area contributed by atoms with Crippen molar-refractivity contribution in [2.24, 2.45) is 0 Å². The van der Waals surface area contributed by atoms with E-state index in [1.165, 1.54) is 0 Å². The molecule has 1 heterocycles. The number of halogens is 1. The summed E-state index contributed by atoms with van der Waals surface area (Å²) >= 11 is 0. The van der Waals surface area contributed by atoms with Crippen molar-refractivity contribution in [1.82, 2.24) is 10.3 Å². The molecular weight excluding hydrogens is 239 g/mol. The van der Waals surface area contributed by atoms with E-state index in [0.29, 0.717) is 11.6 Å². The van der Waals surface area contributed by atoms with Gasteiger partial charge in [-0.15, -0.1) is 0 Å². The molecule has 3 heteroatoms. The average Bonchev–Trinajstić information content (AvgIpc) is 3.23. The molecule has 100 valence electrons. The van der Waals surface area contributed by atoms with Crippen molar-refractivity contribution < 1.29 is 4.39 Å². The van der Waals surface area contributed by atoms with Crippen molar-refractivity contribution >= 4 is 0 Å². The van der Waals surface area contributed by atoms with Crippen molar-refractivity contribution in [2.75, 3.05) is 7.05 Å². The first kappa shape index (κ1) is 13.7. The molecule has 2 rings (SSSR count). The van der Waals surface area contributed by atoms with E-state index in [4.69, 9.17) is 0 Å². The maximum atomic E-state index is 14.0. The highest BCUT2D eigenvalue weighted by atomic mass is 19.1. The molecule has 1 unspecified atom stereocenters. The quantitative estimate of drug-likeness (QED) is 0.622. The van der Waals surface area contributed by atoms with Gasteiger partial charge in [-0.25, -0.2) is 4.98 Å². The van der Waals surface area contributed by atoms with Gasteiger partial charge in [0.05, 0.1) is 11.7 Å². The fourth-order valence-corrected chi connectivity index (χ4v) is 2.22. The Labute approximate surface area is 113 Å². The highest BCUT2D eigenvalue weighted by molar-refractivity contribution is 5.34. The van der Waals surface area contributed by atoms with Crippen LogP contribution in [0.2, 0.25) is 0 Å². The van der Waals surface area contributed by atoms with Crippen LogP contribution >= 0.6 is 0 Å². The number of rotatable bonds is 6. The second-order valence-corrected chi connectivity index (χ2v) is 4.72. The molecule has 1 aromatic rings. The van der Waals surface area contributed by atoms with Crippen molar-refractivity contribution in [1.29, 1.82) is 0 Å². The molecule has 1 aliphatic rings. The number of hydrogen-bond donors (Lipinski definition) is 1. The number of allylic oxidation sites excluding steroid dienone is 2. The van der Waals surface area contributed by atoms with Gasteiger partial charge in [-0.2, -0.15) is 4.39 Å². The predicted molar refractivity (Wildman–Crippen MR) is 76.4 cm³/mol. The van der Waals surface area contributed by atoms with Gasteiger partial charge in [0.2, 0.25) is 5.95 Å². The molecule has 0 bridgehead atoms. The van der Waals surface area contributed by atoms with Crippen LogP contribution in [0.1, 0.15) is 36.1 Å². The Bertz CT molecular complexity index is 515. The van der Waals surface area contributed by atoms with Gasteiger partial charge in [0, 0.05) is 5.56 Å². The minimum absolute atomic E-state index is 0.168. The van der Waals surface area contributed by atoms with E-state index in [1.54, 1.807) is 12.2 Å². The average molecular weight is 258 g/mol. The molecule has 1 N–H and O–H groups in total. The van der Waals surface area contributed by atoms with Crippen LogP contribution in [-0.4, -0.2) is 12.0 Å². The first-order valence-electron chi connectivity index (χ1n) is 6.50. The zero-order valence-electron chi connectivity index (χ0n) is 11.2. The fourth-order valence-electron chi connectivity index (χ4n) is 2.22. The molecular formula is C16H19FN2. The van der Waals surface area contributed by atoms with E-state index >= 15 is 0 Å². The predicted octanol–water partition coefficient (Wildman–Crippen LogP) is 3.66. The summed E-state index contributed by atoms with van der Waals surface area (Å²) in [5.41, 5.74) is 2.33. The van der Waals surface area contributed by atoms with Crippen LogP contribution in [0, 0.1) is 5.95 Å². The molecule has 2 nitrogen and oxygen atoms in total. The summed E-state index contributed by atoms with van der Waals surface area (Å²) < 4.78 is 14.0. The van der Waals surface area contributed by atoms with Crippen LogP contribution < -0.4 is 5.32 Å². The number of pyridine rings is 1. The van der Waals surface area contributed by atoms with E-state index in [0.717, 1.165) is 24.0 Å². The van der Waals surface area contributed by atoms with Crippen LogP contribution in [0.25, 0.3) is 0 Å². The monoisotopic (exact) mass is 258 g/mol. The third-order valence-corrected chi connectivity index (χ3v) is 3.38. The summed E-state index contributed by atoms with van der Waals surface area (Å²) in [5, 5.41) is 3.13. The number of nitrogens with one attached hydrogen (secondary N) is 1. The Morgan fingerprint density at radius 2 is 2.21 bits per heavy atom. The van der Waals surface area contributed by atoms with E-state index in [1.807, 2.05) is 25.3 Å². The highest BCUT2D eigenvalue weighted by Gasteiger charge is 2.27. The highest BCUT2D eigenvalue weighted by Crippen LogP contribution is 2.41. The summed E-state index contributed by atoms with van der Waals surface area (Å²) in [7, 11) is 1.82. The van der Waals surface area contributed by atoms with Gasteiger partial charge in [0.25, 0.3) is 0 Å². The second-order valence-electron chi connectivity index (χ2n) is 4.72. The molecule has 1 atom stereocenters. The van der Waals surface area contributed by atoms with Crippen molar-refractivity contribution in [3.8, 4) is 0 Å². The normalized spacial score (nSPS) is 17.1. The lowest BCUT2D eigenvalue weighted by molar-refractivity contribution is 0.547. The number of likely N-dealkylation sites (N-methyl/N-ethyl adjacent to an activating group) is 1. The largest absolute Gasteiger partial charge is 0.308 e. The minimum atomic E-state index is -0.345. The third kappa shape index (κ3) is 2.99. The molecule has 0 radical (unpaired) electrons. The molecule has 1 saturated carbocycles. The van der Waals surface area contributed by atoms with Crippen LogP contribution in [0.3, 0.4) is 0 Å². The van der Waals surface area contributed by atoms with Crippen molar-refractivity contribution in [3.63, 3.8) is 0 Å². The number of nitrogens with zero attached hydrogens (tertiary/aromatic N) is 1. The van der Waals surface area contributed by atoms with Gasteiger partial charge in [-0.3, -0.25) is 0 Å². The molecule has 0 amide bonds. The van der Waals surface area contributed by atoms with Crippen LogP contribution in [0.5, 0.6) is 0 Å². The molecule has 19 heavy (non-hydrogen) atoms. The molecule has 0 saturated heterocycles. The Balaban J connectivity index is 2.32. The fraction of sp³-hybridized carbons (Fsp3) is 0.312. The van der Waals surface area contributed by atoms with Crippen LogP contribution in [0.15, 0.2) is 49.1 Å². The van der Waals surface area contributed by atoms with Gasteiger partial charge < -0.3 is 5.32 Å². The third-order valence-electron chi connectivity index (χ3n) is 3.38. The lowest BCUT2D eigenvalue weighted by Crippen LogP contribution is -2.19. The summed E-state index contributed by atoms with van der Waals surface area (Å²) in [6.45, 7) is 7.45. The smallest absolute Gasteiger partial charge is 0.216 e. The molecule has 1 fully saturated rings. The molecule has 1 aliphatic carbocycles. The van der Waals surface area contributed by atoms with Gasteiger partial charge in [0.1, 0.15) is 0 Å². The van der Waals surface area contributed by atoms with Crippen molar-refractivity contribution in [3.05, 3.63) is 66.3 Å². The zero-order chi connectivity index (χ0) is 13.8. The maximum Gasteiger partial charge on any atom is 0.216 e. The van der Waals surface area contributed by atoms with Gasteiger partial charge in [-0.05, 0) is 37.4 Å². The Morgan fingerprint density at radius 3 is 2.68 bits per heavy atom. The van der Waals surface area contributed by atoms with Crippen molar-refractivity contribution in [2.45, 2.75) is 24.8 Å².